The third kappa shape index (κ3) is 3.49. The van der Waals surface area contributed by atoms with Crippen molar-refractivity contribution in [3.05, 3.63) is 40.2 Å². The van der Waals surface area contributed by atoms with Crippen molar-refractivity contribution < 1.29 is 14.3 Å². The van der Waals surface area contributed by atoms with E-state index in [4.69, 9.17) is 32.5 Å². The largest absolute Gasteiger partial charge is 0.488 e. The maximum Gasteiger partial charge on any atom is 0.337 e. The van der Waals surface area contributed by atoms with E-state index in [0.717, 1.165) is 0 Å². The van der Waals surface area contributed by atoms with E-state index in [1.807, 2.05) is 0 Å². The molecular formula is C14H12ClN5O3. The smallest absolute Gasteiger partial charge is 0.337 e. The second-order valence-corrected chi connectivity index (χ2v) is 5.12. The maximum atomic E-state index is 12.1. The quantitative estimate of drug-likeness (QED) is 0.802. The molecule has 9 heteroatoms. The summed E-state index contributed by atoms with van der Waals surface area (Å²) in [6.45, 7) is -0.0650. The van der Waals surface area contributed by atoms with Gasteiger partial charge in [-0.2, -0.15) is 15.0 Å². The predicted octanol–water partition coefficient (Wildman–Crippen LogP) is 1.21. The Morgan fingerprint density at radius 2 is 2.00 bits per heavy atom. The molecule has 8 nitrogen and oxygen atoms in total. The number of nitrogens with zero attached hydrogens (tertiary/aromatic N) is 3. The van der Waals surface area contributed by atoms with Crippen molar-refractivity contribution in [1.82, 2.24) is 15.0 Å². The summed E-state index contributed by atoms with van der Waals surface area (Å²) >= 11 is 5.93. The zero-order valence-electron chi connectivity index (χ0n) is 11.8. The first kappa shape index (κ1) is 15.0. The van der Waals surface area contributed by atoms with Crippen molar-refractivity contribution in [2.24, 2.45) is 0 Å². The zero-order valence-corrected chi connectivity index (χ0v) is 12.6. The van der Waals surface area contributed by atoms with E-state index >= 15 is 0 Å². The lowest BCUT2D eigenvalue weighted by Gasteiger charge is -2.17. The van der Waals surface area contributed by atoms with Crippen molar-refractivity contribution in [2.75, 3.05) is 18.1 Å². The van der Waals surface area contributed by atoms with Crippen LogP contribution in [-0.2, 0) is 16.1 Å². The Balaban J connectivity index is 1.71. The number of hydrogen-bond acceptors (Lipinski definition) is 8. The summed E-state index contributed by atoms with van der Waals surface area (Å²) < 4.78 is 10.6. The van der Waals surface area contributed by atoms with Crippen LogP contribution in [0.1, 0.15) is 11.4 Å². The Hall–Kier alpha value is -2.87. The second kappa shape index (κ2) is 6.09. The summed E-state index contributed by atoms with van der Waals surface area (Å²) in [5.74, 6) is 0.209. The van der Waals surface area contributed by atoms with Gasteiger partial charge in [-0.15, -0.1) is 0 Å². The van der Waals surface area contributed by atoms with Gasteiger partial charge in [0.05, 0.1) is 5.57 Å². The Labute approximate surface area is 136 Å². The number of ether oxygens (including phenoxy) is 2. The Morgan fingerprint density at radius 1 is 1.26 bits per heavy atom. The lowest BCUT2D eigenvalue weighted by atomic mass is 10.1. The van der Waals surface area contributed by atoms with Crippen LogP contribution >= 0.6 is 11.6 Å². The number of fused-ring (bicyclic) bond motifs is 1. The van der Waals surface area contributed by atoms with E-state index in [1.54, 1.807) is 24.3 Å². The topological polar surface area (TPSA) is 126 Å². The van der Waals surface area contributed by atoms with Gasteiger partial charge in [-0.05, 0) is 24.3 Å². The van der Waals surface area contributed by atoms with Gasteiger partial charge in [0.15, 0.2) is 12.4 Å². The van der Waals surface area contributed by atoms with Gasteiger partial charge in [-0.25, -0.2) is 4.79 Å². The fourth-order valence-corrected chi connectivity index (χ4v) is 2.19. The molecule has 4 N–H and O–H groups in total. The van der Waals surface area contributed by atoms with Crippen molar-refractivity contribution >= 4 is 35.5 Å². The minimum atomic E-state index is -0.548. The van der Waals surface area contributed by atoms with Gasteiger partial charge in [0.1, 0.15) is 12.4 Å². The molecule has 0 fully saturated rings. The van der Waals surface area contributed by atoms with Gasteiger partial charge >= 0.3 is 5.97 Å². The molecule has 1 aromatic heterocycles. The van der Waals surface area contributed by atoms with Crippen LogP contribution in [0.4, 0.5) is 11.9 Å². The minimum absolute atomic E-state index is 0.0349. The molecule has 0 unspecified atom stereocenters. The van der Waals surface area contributed by atoms with E-state index in [1.165, 1.54) is 0 Å². The molecule has 0 bridgehead atoms. The third-order valence-electron chi connectivity index (χ3n) is 3.00. The molecule has 23 heavy (non-hydrogen) atoms. The van der Waals surface area contributed by atoms with Crippen LogP contribution in [0.3, 0.4) is 0 Å². The van der Waals surface area contributed by atoms with E-state index < -0.39 is 5.97 Å². The number of esters is 1. The minimum Gasteiger partial charge on any atom is -0.488 e. The standard InChI is InChI=1S/C14H12ClN5O3/c15-9-1-2-10-7(4-9)3-8(5-22-10)12(21)23-6-11-18-13(16)20-14(17)19-11/h1-4H,5-6H2,(H4,16,17,18,19,20). The zero-order chi connectivity index (χ0) is 16.4. The molecule has 3 rings (SSSR count). The number of halogens is 1. The Bertz CT molecular complexity index is 789. The molecule has 2 heterocycles. The van der Waals surface area contributed by atoms with Crippen LogP contribution in [0.25, 0.3) is 6.08 Å². The third-order valence-corrected chi connectivity index (χ3v) is 3.23. The number of anilines is 2. The van der Waals surface area contributed by atoms with Crippen LogP contribution in [0.15, 0.2) is 23.8 Å². The number of benzene rings is 1. The molecule has 0 saturated heterocycles. The molecule has 0 saturated carbocycles. The van der Waals surface area contributed by atoms with Gasteiger partial charge in [-0.1, -0.05) is 11.6 Å². The van der Waals surface area contributed by atoms with Crippen molar-refractivity contribution in [2.45, 2.75) is 6.61 Å². The van der Waals surface area contributed by atoms with Gasteiger partial charge in [0.2, 0.25) is 11.9 Å². The Kier molecular flexibility index (Phi) is 3.98. The van der Waals surface area contributed by atoms with Crippen molar-refractivity contribution in [1.29, 1.82) is 0 Å². The van der Waals surface area contributed by atoms with Crippen LogP contribution < -0.4 is 16.2 Å². The number of carbonyl (C=O) groups excluding carboxylic acids is 1. The fourth-order valence-electron chi connectivity index (χ4n) is 2.01. The maximum absolute atomic E-state index is 12.1. The first-order valence-corrected chi connectivity index (χ1v) is 6.95. The van der Waals surface area contributed by atoms with Crippen LogP contribution in [-0.4, -0.2) is 27.5 Å². The number of aromatic nitrogens is 3. The highest BCUT2D eigenvalue weighted by Gasteiger charge is 2.19. The van der Waals surface area contributed by atoms with Crippen LogP contribution in [0, 0.1) is 0 Å². The molecule has 1 aliphatic rings. The SMILES string of the molecule is Nc1nc(N)nc(COC(=O)C2=Cc3cc(Cl)ccc3OC2)n1. The fraction of sp³-hybridized carbons (Fsp3) is 0.143. The molecule has 2 aromatic rings. The van der Waals surface area contributed by atoms with E-state index in [0.29, 0.717) is 21.9 Å². The normalized spacial score (nSPS) is 12.8. The molecule has 118 valence electrons. The monoisotopic (exact) mass is 333 g/mol. The number of nitrogen functional groups attached to an aromatic ring is 2. The summed E-state index contributed by atoms with van der Waals surface area (Å²) in [5, 5.41) is 0.550. The average Bonchev–Trinajstić information content (AvgIpc) is 2.51. The highest BCUT2D eigenvalue weighted by atomic mass is 35.5. The molecule has 0 atom stereocenters. The number of carbonyl (C=O) groups is 1. The first-order valence-electron chi connectivity index (χ1n) is 6.57. The predicted molar refractivity (Wildman–Crippen MR) is 83.4 cm³/mol. The number of hydrogen-bond donors (Lipinski definition) is 2. The van der Waals surface area contributed by atoms with E-state index in [9.17, 15) is 4.79 Å². The summed E-state index contributed by atoms with van der Waals surface area (Å²) in [7, 11) is 0. The van der Waals surface area contributed by atoms with Crippen LogP contribution in [0.2, 0.25) is 5.02 Å². The van der Waals surface area contributed by atoms with E-state index in [2.05, 4.69) is 15.0 Å². The summed E-state index contributed by atoms with van der Waals surface area (Å²) in [6.07, 6.45) is 1.67. The molecular weight excluding hydrogens is 322 g/mol. The van der Waals surface area contributed by atoms with Gasteiger partial charge in [0, 0.05) is 10.6 Å². The lowest BCUT2D eigenvalue weighted by molar-refractivity contribution is -0.140. The molecule has 0 radical (unpaired) electrons. The lowest BCUT2D eigenvalue weighted by Crippen LogP contribution is -2.18. The highest BCUT2D eigenvalue weighted by molar-refractivity contribution is 6.30. The molecule has 0 spiro atoms. The molecule has 1 aliphatic heterocycles. The molecule has 0 aliphatic carbocycles. The van der Waals surface area contributed by atoms with Crippen molar-refractivity contribution in [3.8, 4) is 5.75 Å². The molecule has 1 aromatic carbocycles. The second-order valence-electron chi connectivity index (χ2n) is 4.68. The summed E-state index contributed by atoms with van der Waals surface area (Å²) in [4.78, 5) is 23.4. The summed E-state index contributed by atoms with van der Waals surface area (Å²) in [6, 6.07) is 5.16. The number of rotatable bonds is 3. The Morgan fingerprint density at radius 3 is 2.74 bits per heavy atom. The average molecular weight is 334 g/mol. The van der Waals surface area contributed by atoms with Crippen LogP contribution in [0.5, 0.6) is 5.75 Å². The van der Waals surface area contributed by atoms with Gasteiger partial charge in [-0.3, -0.25) is 0 Å². The number of nitrogens with two attached hydrogens (primary N) is 2. The summed E-state index contributed by atoms with van der Waals surface area (Å²) in [5.41, 5.74) is 12.0. The van der Waals surface area contributed by atoms with Gasteiger partial charge < -0.3 is 20.9 Å². The van der Waals surface area contributed by atoms with Crippen molar-refractivity contribution in [3.63, 3.8) is 0 Å². The van der Waals surface area contributed by atoms with E-state index in [-0.39, 0.29) is 30.9 Å². The molecule has 0 amide bonds. The van der Waals surface area contributed by atoms with Gasteiger partial charge in [0.25, 0.3) is 0 Å². The highest BCUT2D eigenvalue weighted by Crippen LogP contribution is 2.29. The first-order chi connectivity index (χ1) is 11.0.